The van der Waals surface area contributed by atoms with Crippen molar-refractivity contribution in [1.82, 2.24) is 0 Å². The summed E-state index contributed by atoms with van der Waals surface area (Å²) in [6, 6.07) is 90.5. The summed E-state index contributed by atoms with van der Waals surface area (Å²) >= 11 is 0. The monoisotopic (exact) mass is 775 g/mol. The molecule has 0 unspecified atom stereocenters. The van der Waals surface area contributed by atoms with Crippen molar-refractivity contribution in [2.45, 2.75) is 0 Å². The molecule has 0 spiro atoms. The lowest BCUT2D eigenvalue weighted by molar-refractivity contribution is 1.29. The fourth-order valence-electron chi connectivity index (χ4n) is 8.91. The smallest absolute Gasteiger partial charge is 0.0468 e. The van der Waals surface area contributed by atoms with E-state index in [4.69, 9.17) is 0 Å². The van der Waals surface area contributed by atoms with E-state index in [2.05, 4.69) is 254 Å². The van der Waals surface area contributed by atoms with Crippen LogP contribution in [0.5, 0.6) is 0 Å². The molecule has 61 heavy (non-hydrogen) atoms. The minimum atomic E-state index is 1.10. The number of rotatable bonds is 8. The third-order valence-corrected chi connectivity index (χ3v) is 12.0. The molecule has 1 nitrogen and oxygen atoms in total. The topological polar surface area (TPSA) is 3.24 Å². The van der Waals surface area contributed by atoms with Crippen molar-refractivity contribution in [3.63, 3.8) is 0 Å². The van der Waals surface area contributed by atoms with Gasteiger partial charge in [0.05, 0.1) is 0 Å². The van der Waals surface area contributed by atoms with E-state index in [1.807, 2.05) is 0 Å². The van der Waals surface area contributed by atoms with Crippen molar-refractivity contribution in [3.05, 3.63) is 249 Å². The molecule has 286 valence electrons. The zero-order valence-corrected chi connectivity index (χ0v) is 33.6. The van der Waals surface area contributed by atoms with Crippen molar-refractivity contribution >= 4 is 49.4 Å². The van der Waals surface area contributed by atoms with Crippen LogP contribution in [-0.4, -0.2) is 0 Å². The molecule has 0 amide bonds. The highest BCUT2D eigenvalue weighted by Crippen LogP contribution is 2.41. The van der Waals surface area contributed by atoms with Gasteiger partial charge in [-0.25, -0.2) is 0 Å². The summed E-state index contributed by atoms with van der Waals surface area (Å²) in [7, 11) is 0. The molecule has 11 rings (SSSR count). The lowest BCUT2D eigenvalue weighted by Gasteiger charge is -2.26. The van der Waals surface area contributed by atoms with E-state index in [9.17, 15) is 0 Å². The molecule has 0 saturated carbocycles. The molecule has 0 aliphatic carbocycles. The van der Waals surface area contributed by atoms with Crippen molar-refractivity contribution in [2.75, 3.05) is 4.90 Å². The van der Waals surface area contributed by atoms with Gasteiger partial charge in [-0.3, -0.25) is 0 Å². The molecule has 0 aliphatic heterocycles. The fourth-order valence-corrected chi connectivity index (χ4v) is 8.91. The van der Waals surface area contributed by atoms with Crippen LogP contribution in [0, 0.1) is 0 Å². The van der Waals surface area contributed by atoms with E-state index in [1.165, 1.54) is 88.0 Å². The van der Waals surface area contributed by atoms with Gasteiger partial charge < -0.3 is 4.90 Å². The summed E-state index contributed by atoms with van der Waals surface area (Å²) < 4.78 is 0. The van der Waals surface area contributed by atoms with Crippen LogP contribution in [0.15, 0.2) is 249 Å². The van der Waals surface area contributed by atoms with E-state index in [1.54, 1.807) is 0 Å². The molecule has 0 aromatic heterocycles. The van der Waals surface area contributed by atoms with Crippen LogP contribution < -0.4 is 4.90 Å². The zero-order valence-electron chi connectivity index (χ0n) is 33.6. The Morgan fingerprint density at radius 2 is 0.590 bits per heavy atom. The molecule has 1 heteroatoms. The van der Waals surface area contributed by atoms with E-state index in [0.29, 0.717) is 0 Å². The van der Waals surface area contributed by atoms with Crippen molar-refractivity contribution < 1.29 is 0 Å². The quantitative estimate of drug-likeness (QED) is 0.149. The lowest BCUT2D eigenvalue weighted by atomic mass is 9.90. The molecule has 0 atom stereocenters. The van der Waals surface area contributed by atoms with Gasteiger partial charge in [0.1, 0.15) is 0 Å². The van der Waals surface area contributed by atoms with Gasteiger partial charge in [0.25, 0.3) is 0 Å². The van der Waals surface area contributed by atoms with Gasteiger partial charge in [-0.1, -0.05) is 194 Å². The molecule has 0 heterocycles. The minimum absolute atomic E-state index is 1.10. The highest BCUT2D eigenvalue weighted by Gasteiger charge is 2.16. The molecule has 0 N–H and O–H groups in total. The van der Waals surface area contributed by atoms with Gasteiger partial charge >= 0.3 is 0 Å². The Morgan fingerprint density at radius 1 is 0.197 bits per heavy atom. The van der Waals surface area contributed by atoms with E-state index < -0.39 is 0 Å². The molecule has 0 bridgehead atoms. The van der Waals surface area contributed by atoms with Crippen LogP contribution >= 0.6 is 0 Å². The van der Waals surface area contributed by atoms with E-state index in [0.717, 1.165) is 17.1 Å². The predicted molar refractivity (Wildman–Crippen MR) is 261 cm³/mol. The molecule has 0 fully saturated rings. The third kappa shape index (κ3) is 7.03. The largest absolute Gasteiger partial charge is 0.310 e. The molecule has 11 aromatic carbocycles. The molecule has 0 aliphatic rings. The summed E-state index contributed by atoms with van der Waals surface area (Å²) in [4.78, 5) is 2.37. The van der Waals surface area contributed by atoms with Gasteiger partial charge in [0, 0.05) is 17.1 Å². The Hall–Kier alpha value is -8.00. The minimum Gasteiger partial charge on any atom is -0.310 e. The number of hydrogen-bond donors (Lipinski definition) is 0. The van der Waals surface area contributed by atoms with Gasteiger partial charge in [-0.05, 0) is 143 Å². The summed E-state index contributed by atoms with van der Waals surface area (Å²) in [6.45, 7) is 0. The van der Waals surface area contributed by atoms with Crippen LogP contribution in [0.4, 0.5) is 17.1 Å². The normalized spacial score (nSPS) is 11.3. The van der Waals surface area contributed by atoms with E-state index in [-0.39, 0.29) is 0 Å². The van der Waals surface area contributed by atoms with Crippen LogP contribution in [0.2, 0.25) is 0 Å². The fraction of sp³-hybridized carbons (Fsp3) is 0. The first kappa shape index (κ1) is 36.1. The van der Waals surface area contributed by atoms with Crippen LogP contribution in [0.3, 0.4) is 0 Å². The number of nitrogens with zero attached hydrogens (tertiary/aromatic N) is 1. The maximum absolute atomic E-state index is 2.37. The maximum Gasteiger partial charge on any atom is 0.0468 e. The maximum atomic E-state index is 2.37. The molecule has 0 saturated heterocycles. The summed E-state index contributed by atoms with van der Waals surface area (Å²) in [5.41, 5.74) is 15.4. The SMILES string of the molecule is c1ccc(-c2ccc(N(c3ccc(-c4cccc5cccc(-c6cccc(-c7ccccc7)c6)c45)cc3)c3ccc4cc(-c5ccc6ccccc6c5)ccc4c3)cc2)cc1. The predicted octanol–water partition coefficient (Wildman–Crippen LogP) is 17.0. The Bertz CT molecular complexity index is 3330. The molecule has 0 radical (unpaired) electrons. The second kappa shape index (κ2) is 15.6. The number of benzene rings is 11. The third-order valence-electron chi connectivity index (χ3n) is 12.0. The molecular weight excluding hydrogens is 735 g/mol. The van der Waals surface area contributed by atoms with Gasteiger partial charge in [-0.2, -0.15) is 0 Å². The summed E-state index contributed by atoms with van der Waals surface area (Å²) in [5, 5.41) is 7.41. The van der Waals surface area contributed by atoms with Crippen LogP contribution in [0.25, 0.3) is 88.0 Å². The van der Waals surface area contributed by atoms with Crippen LogP contribution in [0.1, 0.15) is 0 Å². The average molecular weight is 776 g/mol. The highest BCUT2D eigenvalue weighted by atomic mass is 15.1. The summed E-state index contributed by atoms with van der Waals surface area (Å²) in [5.74, 6) is 0. The van der Waals surface area contributed by atoms with Gasteiger partial charge in [0.15, 0.2) is 0 Å². The van der Waals surface area contributed by atoms with Gasteiger partial charge in [-0.15, -0.1) is 0 Å². The Balaban J connectivity index is 0.985. The van der Waals surface area contributed by atoms with Gasteiger partial charge in [0.2, 0.25) is 0 Å². The van der Waals surface area contributed by atoms with E-state index >= 15 is 0 Å². The summed E-state index contributed by atoms with van der Waals surface area (Å²) in [6.07, 6.45) is 0. The zero-order chi connectivity index (χ0) is 40.5. The Kier molecular flexibility index (Phi) is 9.26. The first-order chi connectivity index (χ1) is 30.2. The Labute approximate surface area is 357 Å². The second-order valence-electron chi connectivity index (χ2n) is 15.8. The first-order valence-electron chi connectivity index (χ1n) is 21.0. The van der Waals surface area contributed by atoms with Crippen molar-refractivity contribution in [3.8, 4) is 55.6 Å². The Morgan fingerprint density at radius 3 is 1.26 bits per heavy atom. The second-order valence-corrected chi connectivity index (χ2v) is 15.8. The highest BCUT2D eigenvalue weighted by molar-refractivity contribution is 6.07. The first-order valence-corrected chi connectivity index (χ1v) is 21.0. The number of hydrogen-bond acceptors (Lipinski definition) is 1. The number of anilines is 3. The molecular formula is C60H41N. The average Bonchev–Trinajstić information content (AvgIpc) is 3.34. The standard InChI is InChI=1S/C60H41N/c1-3-12-42(13-4-1)45-28-33-55(34-29-45)61(57-37-32-52-39-51(26-27-53(52)41-57)50-25-24-44-16-7-8-17-48(44)38-50)56-35-30-46(31-36-56)58-22-10-18-47-19-11-23-59(60(47)58)54-21-9-20-49(40-54)43-14-5-2-6-15-43/h1-41H. The van der Waals surface area contributed by atoms with Crippen molar-refractivity contribution in [2.24, 2.45) is 0 Å². The molecule has 11 aromatic rings. The van der Waals surface area contributed by atoms with Crippen molar-refractivity contribution in [1.29, 1.82) is 0 Å². The van der Waals surface area contributed by atoms with Crippen LogP contribution in [-0.2, 0) is 0 Å². The lowest BCUT2D eigenvalue weighted by Crippen LogP contribution is -2.09. The number of fused-ring (bicyclic) bond motifs is 3.